The van der Waals surface area contributed by atoms with E-state index in [1.807, 2.05) is 6.92 Å². The standard InChI is InChI=1S/C14H23N5O/c1-4-15-13(20)11-6-7-12(18-17-11)16-10-14(19(2)3)8-5-9-14/h6-7H,4-5,8-10H2,1-3H3,(H,15,20)(H,16,18). The zero-order valence-corrected chi connectivity index (χ0v) is 12.4. The summed E-state index contributed by atoms with van der Waals surface area (Å²) in [5.41, 5.74) is 0.586. The second kappa shape index (κ2) is 6.17. The highest BCUT2D eigenvalue weighted by atomic mass is 16.1. The van der Waals surface area contributed by atoms with Gasteiger partial charge in [-0.2, -0.15) is 0 Å². The third-order valence-corrected chi connectivity index (χ3v) is 4.07. The largest absolute Gasteiger partial charge is 0.367 e. The minimum Gasteiger partial charge on any atom is -0.367 e. The van der Waals surface area contributed by atoms with Crippen LogP contribution in [0.2, 0.25) is 0 Å². The van der Waals surface area contributed by atoms with Crippen LogP contribution in [0, 0.1) is 0 Å². The molecular weight excluding hydrogens is 254 g/mol. The first kappa shape index (κ1) is 14.7. The van der Waals surface area contributed by atoms with Crippen LogP contribution in [0.15, 0.2) is 12.1 Å². The van der Waals surface area contributed by atoms with Crippen LogP contribution in [0.25, 0.3) is 0 Å². The molecule has 1 aromatic rings. The number of nitrogens with one attached hydrogen (secondary N) is 2. The molecule has 0 aromatic carbocycles. The first-order chi connectivity index (χ1) is 9.57. The fraction of sp³-hybridized carbons (Fsp3) is 0.643. The smallest absolute Gasteiger partial charge is 0.271 e. The lowest BCUT2D eigenvalue weighted by Crippen LogP contribution is -2.54. The summed E-state index contributed by atoms with van der Waals surface area (Å²) < 4.78 is 0. The van der Waals surface area contributed by atoms with Gasteiger partial charge in [0.05, 0.1) is 0 Å². The van der Waals surface area contributed by atoms with Gasteiger partial charge in [0.1, 0.15) is 5.82 Å². The highest BCUT2D eigenvalue weighted by Crippen LogP contribution is 2.36. The number of hydrogen-bond acceptors (Lipinski definition) is 5. The van der Waals surface area contributed by atoms with Crippen LogP contribution in [0.1, 0.15) is 36.7 Å². The van der Waals surface area contributed by atoms with Gasteiger partial charge in [-0.15, -0.1) is 10.2 Å². The lowest BCUT2D eigenvalue weighted by atomic mass is 9.75. The van der Waals surface area contributed by atoms with Gasteiger partial charge in [0.15, 0.2) is 5.69 Å². The van der Waals surface area contributed by atoms with E-state index >= 15 is 0 Å². The molecule has 1 aliphatic carbocycles. The quantitative estimate of drug-likeness (QED) is 0.815. The van der Waals surface area contributed by atoms with Crippen molar-refractivity contribution in [3.63, 3.8) is 0 Å². The minimum atomic E-state index is -0.185. The van der Waals surface area contributed by atoms with Gasteiger partial charge in [-0.05, 0) is 52.4 Å². The number of likely N-dealkylation sites (N-methyl/N-ethyl adjacent to an activating group) is 1. The topological polar surface area (TPSA) is 70.2 Å². The molecule has 1 fully saturated rings. The van der Waals surface area contributed by atoms with E-state index in [1.165, 1.54) is 19.3 Å². The van der Waals surface area contributed by atoms with Crippen molar-refractivity contribution in [2.24, 2.45) is 0 Å². The number of carbonyl (C=O) groups excluding carboxylic acids is 1. The summed E-state index contributed by atoms with van der Waals surface area (Å²) in [5.74, 6) is 0.529. The third kappa shape index (κ3) is 3.07. The molecular formula is C14H23N5O. The Hall–Kier alpha value is -1.69. The number of anilines is 1. The second-order valence-electron chi connectivity index (χ2n) is 5.49. The highest BCUT2D eigenvalue weighted by molar-refractivity contribution is 5.92. The van der Waals surface area contributed by atoms with Crippen molar-refractivity contribution in [3.8, 4) is 0 Å². The lowest BCUT2D eigenvalue weighted by Gasteiger charge is -2.47. The van der Waals surface area contributed by atoms with Gasteiger partial charge in [0.2, 0.25) is 0 Å². The van der Waals surface area contributed by atoms with Crippen LogP contribution in [0.4, 0.5) is 5.82 Å². The van der Waals surface area contributed by atoms with Gasteiger partial charge >= 0.3 is 0 Å². The molecule has 6 heteroatoms. The van der Waals surface area contributed by atoms with Crippen LogP contribution in [0.5, 0.6) is 0 Å². The predicted molar refractivity (Wildman–Crippen MR) is 78.8 cm³/mol. The number of rotatable bonds is 6. The molecule has 2 rings (SSSR count). The number of nitrogens with zero attached hydrogens (tertiary/aromatic N) is 3. The summed E-state index contributed by atoms with van der Waals surface area (Å²) in [5, 5.41) is 14.0. The Bertz CT molecular complexity index is 453. The molecule has 110 valence electrons. The predicted octanol–water partition coefficient (Wildman–Crippen LogP) is 1.12. The van der Waals surface area contributed by atoms with Crippen LogP contribution < -0.4 is 10.6 Å². The average molecular weight is 277 g/mol. The van der Waals surface area contributed by atoms with Crippen molar-refractivity contribution in [2.75, 3.05) is 32.5 Å². The van der Waals surface area contributed by atoms with Crippen molar-refractivity contribution < 1.29 is 4.79 Å². The normalized spacial score (nSPS) is 16.6. The van der Waals surface area contributed by atoms with Gasteiger partial charge in [-0.1, -0.05) is 0 Å². The van der Waals surface area contributed by atoms with E-state index in [2.05, 4.69) is 39.8 Å². The molecule has 1 amide bonds. The molecule has 0 atom stereocenters. The summed E-state index contributed by atoms with van der Waals surface area (Å²) in [6, 6.07) is 3.50. The zero-order valence-electron chi connectivity index (χ0n) is 12.4. The van der Waals surface area contributed by atoms with E-state index in [-0.39, 0.29) is 11.4 Å². The number of amides is 1. The monoisotopic (exact) mass is 277 g/mol. The minimum absolute atomic E-state index is 0.185. The molecule has 20 heavy (non-hydrogen) atoms. The van der Waals surface area contributed by atoms with Crippen molar-refractivity contribution >= 4 is 11.7 Å². The molecule has 0 radical (unpaired) electrons. The molecule has 2 N–H and O–H groups in total. The van der Waals surface area contributed by atoms with Crippen molar-refractivity contribution in [1.29, 1.82) is 0 Å². The van der Waals surface area contributed by atoms with E-state index in [0.717, 1.165) is 6.54 Å². The van der Waals surface area contributed by atoms with Crippen LogP contribution in [-0.2, 0) is 0 Å². The van der Waals surface area contributed by atoms with Crippen LogP contribution in [0.3, 0.4) is 0 Å². The van der Waals surface area contributed by atoms with Crippen molar-refractivity contribution in [3.05, 3.63) is 17.8 Å². The van der Waals surface area contributed by atoms with E-state index in [4.69, 9.17) is 0 Å². The summed E-state index contributed by atoms with van der Waals surface area (Å²) >= 11 is 0. The maximum absolute atomic E-state index is 11.6. The van der Waals surface area contributed by atoms with Gasteiger partial charge in [0.25, 0.3) is 5.91 Å². The Morgan fingerprint density at radius 3 is 2.55 bits per heavy atom. The summed E-state index contributed by atoms with van der Waals surface area (Å²) in [7, 11) is 4.23. The van der Waals surface area contributed by atoms with Gasteiger partial charge in [0, 0.05) is 18.6 Å². The number of hydrogen-bond donors (Lipinski definition) is 2. The van der Waals surface area contributed by atoms with Gasteiger partial charge < -0.3 is 15.5 Å². The molecule has 0 spiro atoms. The molecule has 1 aliphatic rings. The molecule has 6 nitrogen and oxygen atoms in total. The van der Waals surface area contributed by atoms with Gasteiger partial charge in [-0.25, -0.2) is 0 Å². The highest BCUT2D eigenvalue weighted by Gasteiger charge is 2.38. The Balaban J connectivity index is 1.92. The Labute approximate surface area is 120 Å². The first-order valence-corrected chi connectivity index (χ1v) is 7.10. The second-order valence-corrected chi connectivity index (χ2v) is 5.49. The van der Waals surface area contributed by atoms with E-state index in [9.17, 15) is 4.79 Å². The molecule has 0 saturated heterocycles. The van der Waals surface area contributed by atoms with Crippen molar-refractivity contribution in [2.45, 2.75) is 31.7 Å². The number of aromatic nitrogens is 2. The fourth-order valence-corrected chi connectivity index (χ4v) is 2.42. The zero-order chi connectivity index (χ0) is 14.6. The summed E-state index contributed by atoms with van der Waals surface area (Å²) in [4.78, 5) is 13.9. The molecule has 1 saturated carbocycles. The van der Waals surface area contributed by atoms with E-state index < -0.39 is 0 Å². The van der Waals surface area contributed by atoms with Crippen molar-refractivity contribution in [1.82, 2.24) is 20.4 Å². The average Bonchev–Trinajstić information content (AvgIpc) is 2.38. The number of carbonyl (C=O) groups is 1. The third-order valence-electron chi connectivity index (χ3n) is 4.07. The Kier molecular flexibility index (Phi) is 4.54. The van der Waals surface area contributed by atoms with E-state index in [0.29, 0.717) is 18.1 Å². The molecule has 1 heterocycles. The van der Waals surface area contributed by atoms with Gasteiger partial charge in [-0.3, -0.25) is 4.79 Å². The molecule has 0 unspecified atom stereocenters. The van der Waals surface area contributed by atoms with Crippen LogP contribution in [-0.4, -0.2) is 53.7 Å². The molecule has 0 aliphatic heterocycles. The SMILES string of the molecule is CCNC(=O)c1ccc(NCC2(N(C)C)CCC2)nn1. The molecule has 0 bridgehead atoms. The first-order valence-electron chi connectivity index (χ1n) is 7.10. The summed E-state index contributed by atoms with van der Waals surface area (Å²) in [6.45, 7) is 3.32. The maximum atomic E-state index is 11.6. The lowest BCUT2D eigenvalue weighted by molar-refractivity contribution is 0.0738. The fourth-order valence-electron chi connectivity index (χ4n) is 2.42. The maximum Gasteiger partial charge on any atom is 0.271 e. The van der Waals surface area contributed by atoms with E-state index in [1.54, 1.807) is 12.1 Å². The Morgan fingerprint density at radius 2 is 2.10 bits per heavy atom. The molecule has 1 aromatic heterocycles. The van der Waals surface area contributed by atoms with Crippen LogP contribution >= 0.6 is 0 Å². The Morgan fingerprint density at radius 1 is 1.35 bits per heavy atom. The summed E-state index contributed by atoms with van der Waals surface area (Å²) in [6.07, 6.45) is 3.69.